The summed E-state index contributed by atoms with van der Waals surface area (Å²) < 4.78 is 0. The van der Waals surface area contributed by atoms with E-state index in [2.05, 4.69) is 9.97 Å². The molecule has 4 nitrogen and oxygen atoms in total. The van der Waals surface area contributed by atoms with Crippen molar-refractivity contribution in [2.75, 3.05) is 11.5 Å². The van der Waals surface area contributed by atoms with Gasteiger partial charge in [0.15, 0.2) is 0 Å². The van der Waals surface area contributed by atoms with Crippen molar-refractivity contribution in [2.24, 2.45) is 0 Å². The molecule has 1 radical (unpaired) electrons. The Labute approximate surface area is 59.9 Å². The molecule has 1 rings (SSSR count). The van der Waals surface area contributed by atoms with Gasteiger partial charge in [0.05, 0.1) is 0 Å². The van der Waals surface area contributed by atoms with E-state index < -0.39 is 0 Å². The first kappa shape index (κ1) is 6.92. The second-order valence-corrected chi connectivity index (χ2v) is 1.74. The summed E-state index contributed by atoms with van der Waals surface area (Å²) >= 11 is 0. The van der Waals surface area contributed by atoms with E-state index in [0.29, 0.717) is 11.3 Å². The number of nitrogen functional groups attached to an aromatic ring is 2. The van der Waals surface area contributed by atoms with Crippen molar-refractivity contribution >= 4 is 31.4 Å². The van der Waals surface area contributed by atoms with Crippen LogP contribution in [0.15, 0.2) is 6.20 Å². The predicted octanol–water partition coefficient (Wildman–Crippen LogP) is -1.95. The molecule has 0 saturated carbocycles. The number of hydrogen-bond acceptors (Lipinski definition) is 4. The van der Waals surface area contributed by atoms with Gasteiger partial charge in [0.2, 0.25) is 0 Å². The molecule has 10 heavy (non-hydrogen) atoms. The number of hydrogen-bond donors (Lipinski definition) is 2. The van der Waals surface area contributed by atoms with Crippen molar-refractivity contribution in [1.29, 1.82) is 0 Å². The number of nitrogens with two attached hydrogens (primary N) is 2. The molecule has 0 aromatic carbocycles. The Morgan fingerprint density at radius 2 is 2.20 bits per heavy atom. The molecule has 0 fully saturated rings. The SMILES string of the molecule is [B]=Bc1cnc(N)nc1N. The first-order chi connectivity index (χ1) is 4.74. The van der Waals surface area contributed by atoms with Crippen molar-refractivity contribution in [3.05, 3.63) is 6.20 Å². The minimum absolute atomic E-state index is 0.156. The van der Waals surface area contributed by atoms with Gasteiger partial charge < -0.3 is 0 Å². The fourth-order valence-corrected chi connectivity index (χ4v) is 0.547. The van der Waals surface area contributed by atoms with Crippen LogP contribution in [-0.2, 0) is 0 Å². The van der Waals surface area contributed by atoms with Gasteiger partial charge >= 0.3 is 59.0 Å². The van der Waals surface area contributed by atoms with Crippen LogP contribution in [-0.4, -0.2) is 24.1 Å². The Hall–Kier alpha value is -1.19. The molecule has 47 valence electrons. The number of nitrogens with zero attached hydrogens (tertiary/aromatic N) is 2. The van der Waals surface area contributed by atoms with Crippen LogP contribution in [0.25, 0.3) is 0 Å². The zero-order valence-electron chi connectivity index (χ0n) is 5.28. The van der Waals surface area contributed by atoms with Crippen LogP contribution in [0.3, 0.4) is 0 Å². The van der Waals surface area contributed by atoms with Gasteiger partial charge in [-0.05, 0) is 0 Å². The molecule has 0 amide bonds. The monoisotopic (exact) mass is 131 g/mol. The average molecular weight is 131 g/mol. The zero-order valence-corrected chi connectivity index (χ0v) is 5.28. The maximum absolute atomic E-state index is 5.39. The van der Waals surface area contributed by atoms with Gasteiger partial charge in [-0.15, -0.1) is 0 Å². The summed E-state index contributed by atoms with van der Waals surface area (Å²) in [6.07, 6.45) is 1.47. The molecule has 0 saturated heterocycles. The molecule has 0 atom stereocenters. The van der Waals surface area contributed by atoms with E-state index in [1.165, 1.54) is 13.0 Å². The Balaban J connectivity index is 3.19. The molecule has 0 aliphatic carbocycles. The second kappa shape index (κ2) is 2.60. The van der Waals surface area contributed by atoms with Crippen molar-refractivity contribution < 1.29 is 0 Å². The summed E-state index contributed by atoms with van der Waals surface area (Å²) in [6, 6.07) is 0. The second-order valence-electron chi connectivity index (χ2n) is 1.74. The van der Waals surface area contributed by atoms with E-state index in [4.69, 9.17) is 18.8 Å². The van der Waals surface area contributed by atoms with Crippen LogP contribution >= 0.6 is 0 Å². The third-order valence-electron chi connectivity index (χ3n) is 1.05. The van der Waals surface area contributed by atoms with E-state index in [9.17, 15) is 0 Å². The molecular weight excluding hydrogens is 126 g/mol. The molecule has 1 heterocycles. The molecule has 0 bridgehead atoms. The van der Waals surface area contributed by atoms with E-state index in [-0.39, 0.29) is 5.95 Å². The van der Waals surface area contributed by atoms with Crippen LogP contribution in [0, 0.1) is 0 Å². The van der Waals surface area contributed by atoms with E-state index in [1.54, 1.807) is 0 Å². The van der Waals surface area contributed by atoms with Gasteiger partial charge in [0.25, 0.3) is 0 Å². The molecule has 0 aliphatic heterocycles. The normalized spacial score (nSPS) is 8.70. The predicted molar refractivity (Wildman–Crippen MR) is 42.0 cm³/mol. The van der Waals surface area contributed by atoms with Crippen LogP contribution in [0.4, 0.5) is 11.8 Å². The molecular formula is C4H5B2N4. The first-order valence-corrected chi connectivity index (χ1v) is 2.67. The Kier molecular flexibility index (Phi) is 1.80. The third kappa shape index (κ3) is 1.21. The zero-order chi connectivity index (χ0) is 7.56. The van der Waals surface area contributed by atoms with Gasteiger partial charge in [0, 0.05) is 0 Å². The van der Waals surface area contributed by atoms with Crippen molar-refractivity contribution in [3.63, 3.8) is 0 Å². The Morgan fingerprint density at radius 1 is 1.50 bits per heavy atom. The fraction of sp³-hybridized carbons (Fsp3) is 0. The van der Waals surface area contributed by atoms with Crippen molar-refractivity contribution in [3.8, 4) is 0 Å². The summed E-state index contributed by atoms with van der Waals surface area (Å²) in [5, 5.41) is 0. The van der Waals surface area contributed by atoms with Crippen molar-refractivity contribution in [2.45, 2.75) is 0 Å². The number of aromatic nitrogens is 2. The molecule has 6 heteroatoms. The van der Waals surface area contributed by atoms with E-state index in [1.807, 2.05) is 0 Å². The summed E-state index contributed by atoms with van der Waals surface area (Å²) in [5.74, 6) is 0.457. The van der Waals surface area contributed by atoms with Gasteiger partial charge in [0.1, 0.15) is 0 Å². The van der Waals surface area contributed by atoms with Crippen LogP contribution in [0.2, 0.25) is 0 Å². The average Bonchev–Trinajstić information content (AvgIpc) is 1.88. The van der Waals surface area contributed by atoms with Crippen LogP contribution in [0.1, 0.15) is 0 Å². The molecule has 0 spiro atoms. The van der Waals surface area contributed by atoms with Gasteiger partial charge in [-0.25, -0.2) is 0 Å². The fourth-order valence-electron chi connectivity index (χ4n) is 0.547. The third-order valence-corrected chi connectivity index (χ3v) is 1.05. The van der Waals surface area contributed by atoms with Gasteiger partial charge in [-0.3, -0.25) is 0 Å². The molecule has 1 aromatic heterocycles. The van der Waals surface area contributed by atoms with Crippen molar-refractivity contribution in [1.82, 2.24) is 9.97 Å². The van der Waals surface area contributed by atoms with Crippen LogP contribution in [0.5, 0.6) is 0 Å². The summed E-state index contributed by atoms with van der Waals surface area (Å²) in [4.78, 5) is 7.36. The van der Waals surface area contributed by atoms with Crippen LogP contribution < -0.4 is 16.9 Å². The Morgan fingerprint density at radius 3 is 2.70 bits per heavy atom. The molecule has 1 aromatic rings. The number of rotatable bonds is 1. The number of anilines is 2. The standard InChI is InChI=1S/C4H5B2N4/c5-6-2-1-9-4(8)10-3(2)7/h1H,(H4,7,8,9,10). The maximum atomic E-state index is 5.39. The summed E-state index contributed by atoms with van der Waals surface area (Å²) in [5.41, 5.74) is 11.2. The van der Waals surface area contributed by atoms with E-state index >= 15 is 0 Å². The minimum atomic E-state index is 0.156. The Bertz CT molecular complexity index is 261. The first-order valence-electron chi connectivity index (χ1n) is 2.67. The summed E-state index contributed by atoms with van der Waals surface area (Å²) in [7, 11) is 5.17. The topological polar surface area (TPSA) is 77.8 Å². The quantitative estimate of drug-likeness (QED) is 0.434. The molecule has 0 unspecified atom stereocenters. The molecule has 0 aliphatic rings. The van der Waals surface area contributed by atoms with Gasteiger partial charge in [-0.2, -0.15) is 0 Å². The molecule has 4 N–H and O–H groups in total. The summed E-state index contributed by atoms with van der Waals surface area (Å²) in [6.45, 7) is 1.33. The van der Waals surface area contributed by atoms with Gasteiger partial charge in [-0.1, -0.05) is 0 Å². The van der Waals surface area contributed by atoms with E-state index in [0.717, 1.165) is 0 Å².